The molecule has 3 N–H and O–H groups in total. The van der Waals surface area contributed by atoms with Crippen molar-refractivity contribution in [2.24, 2.45) is 0 Å². The number of hydrogen-bond acceptors (Lipinski definition) is 8. The maximum atomic E-state index is 11.6. The van der Waals surface area contributed by atoms with Crippen molar-refractivity contribution in [3.05, 3.63) is 40.8 Å². The van der Waals surface area contributed by atoms with Gasteiger partial charge in [-0.3, -0.25) is 9.78 Å². The van der Waals surface area contributed by atoms with Crippen LogP contribution in [0.4, 0.5) is 11.8 Å². The topological polar surface area (TPSA) is 132 Å². The average Bonchev–Trinajstić information content (AvgIpc) is 2.97. The number of aromatic nitrogens is 3. The molecule has 24 heavy (non-hydrogen) atoms. The summed E-state index contributed by atoms with van der Waals surface area (Å²) in [6.45, 7) is 3.02. The molecule has 3 rings (SSSR count). The number of methoxy groups -OCH3 is 1. The molecule has 2 aromatic heterocycles. The lowest BCUT2D eigenvalue weighted by Gasteiger charge is -2.16. The number of carbonyl (C=O) groups excluding carboxylic acids is 1. The summed E-state index contributed by atoms with van der Waals surface area (Å²) in [7, 11) is 1.31. The Kier molecular flexibility index (Phi) is 5.25. The first kappa shape index (κ1) is 17.1. The molecule has 1 aliphatic heterocycles. The van der Waals surface area contributed by atoms with Crippen LogP contribution in [0.5, 0.6) is 0 Å². The third-order valence-corrected chi connectivity index (χ3v) is 3.35. The summed E-state index contributed by atoms with van der Waals surface area (Å²) in [5, 5.41) is 6.89. The lowest BCUT2D eigenvalue weighted by Crippen LogP contribution is -2.20. The molecule has 0 aliphatic carbocycles. The van der Waals surface area contributed by atoms with Gasteiger partial charge in [-0.15, -0.1) is 0 Å². The summed E-state index contributed by atoms with van der Waals surface area (Å²) in [5.41, 5.74) is 9.20. The molecule has 126 valence electrons. The van der Waals surface area contributed by atoms with Gasteiger partial charge in [-0.25, -0.2) is 9.78 Å². The molecule has 0 bridgehead atoms. The first-order valence-electron chi connectivity index (χ1n) is 6.98. The molecule has 0 atom stereocenters. The molecule has 0 unspecified atom stereocenters. The van der Waals surface area contributed by atoms with E-state index < -0.39 is 5.97 Å². The van der Waals surface area contributed by atoms with Gasteiger partial charge in [-0.1, -0.05) is 0 Å². The Labute approximate surface area is 138 Å². The van der Waals surface area contributed by atoms with Gasteiger partial charge >= 0.3 is 5.97 Å². The van der Waals surface area contributed by atoms with Crippen LogP contribution in [0.25, 0.3) is 0 Å². The maximum absolute atomic E-state index is 11.6. The van der Waals surface area contributed by atoms with Crippen LogP contribution in [-0.4, -0.2) is 39.6 Å². The Balaban J connectivity index is 0.000000647. The normalized spacial score (nSPS) is 12.0. The van der Waals surface area contributed by atoms with Crippen molar-refractivity contribution in [2.75, 3.05) is 17.7 Å². The molecule has 0 saturated carbocycles. The third kappa shape index (κ3) is 3.75. The summed E-state index contributed by atoms with van der Waals surface area (Å²) in [6.07, 6.45) is 1.86. The quantitative estimate of drug-likeness (QED) is 0.605. The van der Waals surface area contributed by atoms with Crippen molar-refractivity contribution in [1.82, 2.24) is 15.0 Å². The Morgan fingerprint density at radius 1 is 1.33 bits per heavy atom. The largest absolute Gasteiger partial charge is 0.483 e. The molecular weight excluding hydrogens is 314 g/mol. The molecule has 1 aliphatic rings. The van der Waals surface area contributed by atoms with E-state index in [1.807, 2.05) is 24.1 Å². The fourth-order valence-electron chi connectivity index (χ4n) is 2.35. The predicted octanol–water partition coefficient (Wildman–Crippen LogP) is 0.770. The van der Waals surface area contributed by atoms with Crippen LogP contribution < -0.4 is 10.6 Å². The number of nitrogen functional groups attached to an aromatic ring is 1. The number of pyridine rings is 1. The number of carboxylic acid groups (broad SMARTS) is 1. The average molecular weight is 331 g/mol. The Hall–Kier alpha value is -3.23. The second kappa shape index (κ2) is 7.36. The Morgan fingerprint density at radius 3 is 2.67 bits per heavy atom. The van der Waals surface area contributed by atoms with Crippen molar-refractivity contribution >= 4 is 24.2 Å². The number of rotatable bonds is 2. The highest BCUT2D eigenvalue weighted by molar-refractivity contribution is 5.88. The molecule has 0 fully saturated rings. The minimum absolute atomic E-state index is 0.158. The van der Waals surface area contributed by atoms with E-state index in [9.17, 15) is 4.79 Å². The fourth-order valence-corrected chi connectivity index (χ4v) is 2.35. The molecule has 0 radical (unpaired) electrons. The molecular formula is C15H17N5O4. The van der Waals surface area contributed by atoms with Gasteiger partial charge in [-0.05, 0) is 24.1 Å². The summed E-state index contributed by atoms with van der Waals surface area (Å²) >= 11 is 0. The number of aryl methyl sites for hydroxylation is 1. The molecule has 0 amide bonds. The second-order valence-electron chi connectivity index (χ2n) is 5.03. The third-order valence-electron chi connectivity index (χ3n) is 3.35. The molecule has 9 heteroatoms. The van der Waals surface area contributed by atoms with Crippen LogP contribution in [0.2, 0.25) is 0 Å². The predicted molar refractivity (Wildman–Crippen MR) is 85.3 cm³/mol. The molecule has 9 nitrogen and oxygen atoms in total. The lowest BCUT2D eigenvalue weighted by molar-refractivity contribution is -0.122. The smallest absolute Gasteiger partial charge is 0.356 e. The van der Waals surface area contributed by atoms with Gasteiger partial charge in [0.2, 0.25) is 5.95 Å². The monoisotopic (exact) mass is 331 g/mol. The van der Waals surface area contributed by atoms with E-state index in [1.165, 1.54) is 18.7 Å². The zero-order valence-corrected chi connectivity index (χ0v) is 13.3. The van der Waals surface area contributed by atoms with E-state index in [1.54, 1.807) is 0 Å². The summed E-state index contributed by atoms with van der Waals surface area (Å²) in [6, 6.07) is 3.45. The van der Waals surface area contributed by atoms with Crippen molar-refractivity contribution < 1.29 is 19.4 Å². The van der Waals surface area contributed by atoms with Crippen LogP contribution in [0.3, 0.4) is 0 Å². The summed E-state index contributed by atoms with van der Waals surface area (Å²) in [4.78, 5) is 34.6. The highest BCUT2D eigenvalue weighted by atomic mass is 16.5. The van der Waals surface area contributed by atoms with E-state index in [0.29, 0.717) is 19.0 Å². The minimum Gasteiger partial charge on any atom is -0.483 e. The van der Waals surface area contributed by atoms with Crippen LogP contribution in [0.1, 0.15) is 27.3 Å². The van der Waals surface area contributed by atoms with Gasteiger partial charge in [0.1, 0.15) is 5.82 Å². The van der Waals surface area contributed by atoms with Gasteiger partial charge in [-0.2, -0.15) is 4.98 Å². The Morgan fingerprint density at radius 2 is 2.00 bits per heavy atom. The van der Waals surface area contributed by atoms with E-state index in [4.69, 9.17) is 15.6 Å². The standard InChI is InChI=1S/C14H15N5O2.CH2O2/c1-8-3-9-6-19(7-10(9)5-16-8)14-17-11(13(20)21-2)4-12(15)18-14;2-1-3/h3-5H,6-7H2,1-2H3,(H2,15,17,18);1H,(H,2,3). The van der Waals surface area contributed by atoms with Crippen LogP contribution >= 0.6 is 0 Å². The summed E-state index contributed by atoms with van der Waals surface area (Å²) in [5.74, 6) is 0.134. The molecule has 0 aromatic carbocycles. The zero-order valence-electron chi connectivity index (χ0n) is 13.3. The molecule has 2 aromatic rings. The van der Waals surface area contributed by atoms with Gasteiger partial charge < -0.3 is 20.5 Å². The van der Waals surface area contributed by atoms with Gasteiger partial charge in [0.05, 0.1) is 7.11 Å². The number of nitrogens with two attached hydrogens (primary N) is 1. The van der Waals surface area contributed by atoms with Crippen LogP contribution in [0.15, 0.2) is 18.3 Å². The number of fused-ring (bicyclic) bond motifs is 1. The van der Waals surface area contributed by atoms with E-state index in [0.717, 1.165) is 11.3 Å². The number of anilines is 2. The number of esters is 1. The first-order chi connectivity index (χ1) is 11.5. The van der Waals surface area contributed by atoms with Gasteiger partial charge in [0, 0.05) is 31.0 Å². The molecule has 0 spiro atoms. The van der Waals surface area contributed by atoms with E-state index in [-0.39, 0.29) is 18.0 Å². The first-order valence-corrected chi connectivity index (χ1v) is 6.98. The van der Waals surface area contributed by atoms with Crippen LogP contribution in [-0.2, 0) is 22.6 Å². The van der Waals surface area contributed by atoms with Gasteiger partial charge in [0.15, 0.2) is 5.69 Å². The maximum Gasteiger partial charge on any atom is 0.356 e. The zero-order chi connectivity index (χ0) is 17.7. The second-order valence-corrected chi connectivity index (χ2v) is 5.03. The SMILES string of the molecule is COC(=O)c1cc(N)nc(N2Cc3cnc(C)cc3C2)n1.O=CO. The number of ether oxygens (including phenoxy) is 1. The fraction of sp³-hybridized carbons (Fsp3) is 0.267. The van der Waals surface area contributed by atoms with Crippen molar-refractivity contribution in [3.8, 4) is 0 Å². The van der Waals surface area contributed by atoms with Crippen LogP contribution in [0, 0.1) is 6.92 Å². The number of nitrogens with zero attached hydrogens (tertiary/aromatic N) is 4. The number of hydrogen-bond donors (Lipinski definition) is 2. The van der Waals surface area contributed by atoms with Crippen molar-refractivity contribution in [2.45, 2.75) is 20.0 Å². The summed E-state index contributed by atoms with van der Waals surface area (Å²) < 4.78 is 4.67. The Bertz CT molecular complexity index is 766. The van der Waals surface area contributed by atoms with Gasteiger partial charge in [0.25, 0.3) is 6.47 Å². The van der Waals surface area contributed by atoms with Crippen molar-refractivity contribution in [1.29, 1.82) is 0 Å². The van der Waals surface area contributed by atoms with E-state index >= 15 is 0 Å². The van der Waals surface area contributed by atoms with Crippen molar-refractivity contribution in [3.63, 3.8) is 0 Å². The lowest BCUT2D eigenvalue weighted by atomic mass is 10.2. The molecule has 3 heterocycles. The minimum atomic E-state index is -0.528. The highest BCUT2D eigenvalue weighted by Crippen LogP contribution is 2.26. The van der Waals surface area contributed by atoms with E-state index in [2.05, 4.69) is 19.7 Å². The number of carbonyl (C=O) groups is 2. The molecule has 0 saturated heterocycles. The highest BCUT2D eigenvalue weighted by Gasteiger charge is 2.23.